The van der Waals surface area contributed by atoms with Crippen LogP contribution in [0.2, 0.25) is 0 Å². The van der Waals surface area contributed by atoms with Gasteiger partial charge in [-0.25, -0.2) is 0 Å². The van der Waals surface area contributed by atoms with Crippen LogP contribution in [-0.4, -0.2) is 24.6 Å². The smallest absolute Gasteiger partial charge is 0.224 e. The second-order valence-corrected chi connectivity index (χ2v) is 5.14. The molecule has 114 valence electrons. The Balaban J connectivity index is 0.00000361. The zero-order chi connectivity index (χ0) is 14.4. The molecule has 0 bridgehead atoms. The number of amides is 1. The number of carbonyl (C=O) groups excluding carboxylic acids is 1. The van der Waals surface area contributed by atoms with E-state index in [1.165, 1.54) is 0 Å². The van der Waals surface area contributed by atoms with Gasteiger partial charge in [-0.2, -0.15) is 0 Å². The summed E-state index contributed by atoms with van der Waals surface area (Å²) in [6.07, 6.45) is -0.0777. The fourth-order valence-electron chi connectivity index (χ4n) is 1.61. The highest BCUT2D eigenvalue weighted by molar-refractivity contribution is 5.85. The Labute approximate surface area is 127 Å². The van der Waals surface area contributed by atoms with E-state index >= 15 is 0 Å². The Kier molecular flexibility index (Phi) is 8.26. The lowest BCUT2D eigenvalue weighted by Gasteiger charge is -2.19. The molecule has 1 aromatic rings. The van der Waals surface area contributed by atoms with E-state index in [1.54, 1.807) is 0 Å². The third kappa shape index (κ3) is 6.26. The molecule has 0 saturated carbocycles. The third-order valence-corrected chi connectivity index (χ3v) is 3.09. The van der Waals surface area contributed by atoms with Crippen molar-refractivity contribution in [2.24, 2.45) is 11.7 Å². The van der Waals surface area contributed by atoms with Crippen LogP contribution in [0.1, 0.15) is 26.3 Å². The van der Waals surface area contributed by atoms with E-state index in [0.717, 1.165) is 11.3 Å². The maximum absolute atomic E-state index is 11.7. The van der Waals surface area contributed by atoms with Crippen LogP contribution >= 0.6 is 12.4 Å². The van der Waals surface area contributed by atoms with Gasteiger partial charge in [-0.3, -0.25) is 4.79 Å². The molecule has 0 aliphatic rings. The lowest BCUT2D eigenvalue weighted by molar-refractivity contribution is -0.125. The zero-order valence-electron chi connectivity index (χ0n) is 12.6. The molecule has 5 heteroatoms. The lowest BCUT2D eigenvalue weighted by Crippen LogP contribution is -2.42. The number of benzene rings is 1. The molecule has 0 aromatic heterocycles. The summed E-state index contributed by atoms with van der Waals surface area (Å²) in [5, 5.41) is 2.85. The summed E-state index contributed by atoms with van der Waals surface area (Å²) in [5.41, 5.74) is 6.84. The van der Waals surface area contributed by atoms with Gasteiger partial charge in [-0.1, -0.05) is 19.1 Å². The van der Waals surface area contributed by atoms with Crippen LogP contribution in [0.4, 0.5) is 0 Å². The van der Waals surface area contributed by atoms with Gasteiger partial charge in [0, 0.05) is 12.0 Å². The van der Waals surface area contributed by atoms with Crippen molar-refractivity contribution in [3.63, 3.8) is 0 Å². The minimum absolute atomic E-state index is 0. The normalized spacial score (nSPS) is 14.7. The molecule has 3 unspecified atom stereocenters. The zero-order valence-corrected chi connectivity index (χ0v) is 13.4. The van der Waals surface area contributed by atoms with Crippen LogP contribution in [0.5, 0.6) is 5.75 Å². The molecule has 0 heterocycles. The summed E-state index contributed by atoms with van der Waals surface area (Å²) in [6, 6.07) is 7.71. The molecule has 0 fully saturated rings. The Bertz CT molecular complexity index is 424. The van der Waals surface area contributed by atoms with Crippen molar-refractivity contribution in [1.82, 2.24) is 5.32 Å². The summed E-state index contributed by atoms with van der Waals surface area (Å²) in [5.74, 6) is 0.600. The molecule has 4 nitrogen and oxygen atoms in total. The Morgan fingerprint density at radius 2 is 2.00 bits per heavy atom. The van der Waals surface area contributed by atoms with Gasteiger partial charge in [-0.15, -0.1) is 12.4 Å². The molecule has 1 amide bonds. The highest BCUT2D eigenvalue weighted by Gasteiger charge is 2.17. The maximum atomic E-state index is 11.7. The molecule has 3 N–H and O–H groups in total. The molecule has 0 aliphatic carbocycles. The summed E-state index contributed by atoms with van der Waals surface area (Å²) in [4.78, 5) is 11.7. The third-order valence-electron chi connectivity index (χ3n) is 3.09. The van der Waals surface area contributed by atoms with E-state index in [-0.39, 0.29) is 36.4 Å². The molecule has 0 spiro atoms. The van der Waals surface area contributed by atoms with Crippen molar-refractivity contribution in [2.75, 3.05) is 6.54 Å². The molecular weight excluding hydrogens is 276 g/mol. The number of halogens is 1. The monoisotopic (exact) mass is 300 g/mol. The molecule has 0 aliphatic heterocycles. The second-order valence-electron chi connectivity index (χ2n) is 5.14. The number of ether oxygens (including phenoxy) is 1. The highest BCUT2D eigenvalue weighted by Crippen LogP contribution is 2.13. The topological polar surface area (TPSA) is 64.3 Å². The fourth-order valence-corrected chi connectivity index (χ4v) is 1.61. The number of nitrogens with one attached hydrogen (secondary N) is 1. The van der Waals surface area contributed by atoms with Gasteiger partial charge in [0.15, 0.2) is 0 Å². The fraction of sp³-hybridized carbons (Fsp3) is 0.533. The van der Waals surface area contributed by atoms with Crippen LogP contribution in [0.15, 0.2) is 24.3 Å². The van der Waals surface area contributed by atoms with Crippen LogP contribution in [0.3, 0.4) is 0 Å². The Hall–Kier alpha value is -1.26. The number of aryl methyl sites for hydroxylation is 1. The van der Waals surface area contributed by atoms with Gasteiger partial charge in [0.25, 0.3) is 0 Å². The molecule has 20 heavy (non-hydrogen) atoms. The van der Waals surface area contributed by atoms with E-state index < -0.39 is 0 Å². The van der Waals surface area contributed by atoms with Crippen molar-refractivity contribution in [1.29, 1.82) is 0 Å². The molecule has 0 saturated heterocycles. The maximum Gasteiger partial charge on any atom is 0.224 e. The number of hydrogen-bond donors (Lipinski definition) is 2. The summed E-state index contributed by atoms with van der Waals surface area (Å²) in [6.45, 7) is 8.08. The molecular formula is C15H25ClN2O2. The largest absolute Gasteiger partial charge is 0.489 e. The van der Waals surface area contributed by atoms with Crippen LogP contribution in [0.25, 0.3) is 0 Å². The molecule has 0 radical (unpaired) electrons. The summed E-state index contributed by atoms with van der Waals surface area (Å²) in [7, 11) is 0. The van der Waals surface area contributed by atoms with E-state index in [1.807, 2.05) is 52.0 Å². The van der Waals surface area contributed by atoms with Crippen molar-refractivity contribution in [2.45, 2.75) is 39.8 Å². The van der Waals surface area contributed by atoms with E-state index in [2.05, 4.69) is 5.32 Å². The van der Waals surface area contributed by atoms with E-state index in [0.29, 0.717) is 6.54 Å². The Morgan fingerprint density at radius 1 is 1.35 bits per heavy atom. The van der Waals surface area contributed by atoms with Gasteiger partial charge in [0.2, 0.25) is 5.91 Å². The first kappa shape index (κ1) is 18.7. The average molecular weight is 301 g/mol. The van der Waals surface area contributed by atoms with Crippen LogP contribution < -0.4 is 15.8 Å². The highest BCUT2D eigenvalue weighted by atomic mass is 35.5. The lowest BCUT2D eigenvalue weighted by atomic mass is 10.0. The van der Waals surface area contributed by atoms with Crippen molar-refractivity contribution in [3.05, 3.63) is 29.8 Å². The predicted octanol–water partition coefficient (Wildman–Crippen LogP) is 2.28. The number of nitrogens with two attached hydrogens (primary N) is 1. The molecule has 3 atom stereocenters. The first-order chi connectivity index (χ1) is 8.90. The van der Waals surface area contributed by atoms with Crippen molar-refractivity contribution in [3.8, 4) is 5.75 Å². The van der Waals surface area contributed by atoms with Crippen LogP contribution in [-0.2, 0) is 4.79 Å². The van der Waals surface area contributed by atoms with Gasteiger partial charge < -0.3 is 15.8 Å². The van der Waals surface area contributed by atoms with Crippen molar-refractivity contribution >= 4 is 18.3 Å². The standard InChI is InChI=1S/C15H24N2O2.ClH/c1-10-6-5-7-14(8-10)19-11(2)9-17-15(18)12(3)13(4)16;/h5-8,11-13H,9,16H2,1-4H3,(H,17,18);1H. The number of rotatable bonds is 6. The minimum Gasteiger partial charge on any atom is -0.489 e. The Morgan fingerprint density at radius 3 is 2.55 bits per heavy atom. The minimum atomic E-state index is -0.189. The quantitative estimate of drug-likeness (QED) is 0.847. The van der Waals surface area contributed by atoms with Gasteiger partial charge >= 0.3 is 0 Å². The number of hydrogen-bond acceptors (Lipinski definition) is 3. The SMILES string of the molecule is Cc1cccc(OC(C)CNC(=O)C(C)C(C)N)c1.Cl. The first-order valence-electron chi connectivity index (χ1n) is 6.66. The van der Waals surface area contributed by atoms with Crippen LogP contribution in [0, 0.1) is 12.8 Å². The van der Waals surface area contributed by atoms with Gasteiger partial charge in [0.1, 0.15) is 11.9 Å². The molecule has 1 aromatic carbocycles. The first-order valence-corrected chi connectivity index (χ1v) is 6.66. The van der Waals surface area contributed by atoms with E-state index in [9.17, 15) is 4.79 Å². The predicted molar refractivity (Wildman–Crippen MR) is 84.3 cm³/mol. The van der Waals surface area contributed by atoms with Gasteiger partial charge in [-0.05, 0) is 38.5 Å². The van der Waals surface area contributed by atoms with E-state index in [4.69, 9.17) is 10.5 Å². The summed E-state index contributed by atoms with van der Waals surface area (Å²) < 4.78 is 5.74. The van der Waals surface area contributed by atoms with Gasteiger partial charge in [0.05, 0.1) is 6.54 Å². The number of carbonyl (C=O) groups is 1. The summed E-state index contributed by atoms with van der Waals surface area (Å²) >= 11 is 0. The van der Waals surface area contributed by atoms with Crippen molar-refractivity contribution < 1.29 is 9.53 Å². The molecule has 1 rings (SSSR count). The average Bonchev–Trinajstić information content (AvgIpc) is 2.34. The second kappa shape index (κ2) is 8.82.